The minimum absolute atomic E-state index is 0.0151. The lowest BCUT2D eigenvalue weighted by Crippen LogP contribution is -2.14. The molecule has 0 spiro atoms. The van der Waals surface area contributed by atoms with Crippen molar-refractivity contribution in [3.05, 3.63) is 64.7 Å². The summed E-state index contributed by atoms with van der Waals surface area (Å²) in [6.45, 7) is 3.85. The number of aryl methyl sites for hydroxylation is 2. The van der Waals surface area contributed by atoms with Gasteiger partial charge in [0.15, 0.2) is 5.78 Å². The quantitative estimate of drug-likeness (QED) is 0.673. The molecule has 0 aliphatic heterocycles. The molecule has 0 fully saturated rings. The highest BCUT2D eigenvalue weighted by atomic mass is 16.2. The zero-order valence-electron chi connectivity index (χ0n) is 13.3. The number of carbonyl (C=O) groups is 2. The number of hydrogen-bond acceptors (Lipinski definition) is 2. The van der Waals surface area contributed by atoms with Gasteiger partial charge >= 0.3 is 0 Å². The molecule has 3 nitrogen and oxygen atoms in total. The van der Waals surface area contributed by atoms with Crippen molar-refractivity contribution < 1.29 is 9.59 Å². The van der Waals surface area contributed by atoms with Crippen LogP contribution in [0.3, 0.4) is 0 Å². The van der Waals surface area contributed by atoms with Crippen LogP contribution in [-0.2, 0) is 4.79 Å². The maximum Gasteiger partial charge on any atom is 0.224 e. The fourth-order valence-electron chi connectivity index (χ4n) is 2.31. The van der Waals surface area contributed by atoms with Gasteiger partial charge in [-0.3, -0.25) is 9.59 Å². The summed E-state index contributed by atoms with van der Waals surface area (Å²) in [4.78, 5) is 24.3. The zero-order valence-corrected chi connectivity index (χ0v) is 13.3. The van der Waals surface area contributed by atoms with Crippen LogP contribution in [0.15, 0.2) is 42.5 Å². The molecule has 1 N–H and O–H groups in total. The van der Waals surface area contributed by atoms with Crippen molar-refractivity contribution in [1.82, 2.24) is 0 Å². The van der Waals surface area contributed by atoms with E-state index in [4.69, 9.17) is 6.42 Å². The van der Waals surface area contributed by atoms with Crippen LogP contribution >= 0.6 is 0 Å². The number of benzene rings is 2. The van der Waals surface area contributed by atoms with Gasteiger partial charge in [-0.05, 0) is 43.7 Å². The van der Waals surface area contributed by atoms with Gasteiger partial charge in [-0.25, -0.2) is 0 Å². The first kappa shape index (κ1) is 16.5. The molecular formula is C20H19NO2. The van der Waals surface area contributed by atoms with Gasteiger partial charge in [0.05, 0.1) is 0 Å². The van der Waals surface area contributed by atoms with E-state index in [1.165, 1.54) is 0 Å². The van der Waals surface area contributed by atoms with Crippen LogP contribution in [0.5, 0.6) is 0 Å². The number of Topliss-reactive ketones (excluding diaryl/α,β-unsaturated/α-hetero) is 1. The van der Waals surface area contributed by atoms with E-state index in [0.29, 0.717) is 16.8 Å². The van der Waals surface area contributed by atoms with Gasteiger partial charge < -0.3 is 5.32 Å². The number of anilines is 1. The lowest BCUT2D eigenvalue weighted by atomic mass is 9.99. The Morgan fingerprint density at radius 1 is 1.09 bits per heavy atom. The third kappa shape index (κ3) is 4.55. The Hall–Kier alpha value is -2.86. The Morgan fingerprint density at radius 2 is 1.87 bits per heavy atom. The van der Waals surface area contributed by atoms with Gasteiger partial charge in [-0.2, -0.15) is 0 Å². The van der Waals surface area contributed by atoms with Gasteiger partial charge in [0.25, 0.3) is 0 Å². The molecule has 2 rings (SSSR count). The van der Waals surface area contributed by atoms with Crippen molar-refractivity contribution >= 4 is 17.4 Å². The van der Waals surface area contributed by atoms with Crippen molar-refractivity contribution in [2.24, 2.45) is 0 Å². The SMILES string of the molecule is C#Cc1cccc(NC(=O)CCC(=O)c2cc(C)ccc2C)c1. The smallest absolute Gasteiger partial charge is 0.224 e. The van der Waals surface area contributed by atoms with E-state index >= 15 is 0 Å². The molecule has 0 atom stereocenters. The van der Waals surface area contributed by atoms with Crippen LogP contribution in [0.1, 0.15) is 39.9 Å². The Bertz CT molecular complexity index is 784. The molecule has 0 saturated heterocycles. The second kappa shape index (κ2) is 7.42. The molecule has 23 heavy (non-hydrogen) atoms. The molecular weight excluding hydrogens is 286 g/mol. The highest BCUT2D eigenvalue weighted by Gasteiger charge is 2.12. The van der Waals surface area contributed by atoms with Gasteiger partial charge in [-0.1, -0.05) is 29.7 Å². The fraction of sp³-hybridized carbons (Fsp3) is 0.200. The first-order valence-electron chi connectivity index (χ1n) is 7.46. The number of terminal acetylenes is 1. The summed E-state index contributed by atoms with van der Waals surface area (Å²) < 4.78 is 0. The average Bonchev–Trinajstić information content (AvgIpc) is 2.55. The summed E-state index contributed by atoms with van der Waals surface area (Å²) in [5, 5.41) is 2.76. The first-order valence-corrected chi connectivity index (χ1v) is 7.46. The summed E-state index contributed by atoms with van der Waals surface area (Å²) in [5.74, 6) is 2.31. The van der Waals surface area contributed by atoms with Crippen LogP contribution in [-0.4, -0.2) is 11.7 Å². The number of rotatable bonds is 5. The van der Waals surface area contributed by atoms with E-state index in [9.17, 15) is 9.59 Å². The molecule has 0 heterocycles. The molecule has 2 aromatic carbocycles. The lowest BCUT2D eigenvalue weighted by molar-refractivity contribution is -0.116. The van der Waals surface area contributed by atoms with Crippen molar-refractivity contribution in [2.45, 2.75) is 26.7 Å². The summed E-state index contributed by atoms with van der Waals surface area (Å²) in [7, 11) is 0. The topological polar surface area (TPSA) is 46.2 Å². The predicted molar refractivity (Wildman–Crippen MR) is 92.5 cm³/mol. The number of carbonyl (C=O) groups excluding carboxylic acids is 2. The van der Waals surface area contributed by atoms with E-state index < -0.39 is 0 Å². The van der Waals surface area contributed by atoms with E-state index in [0.717, 1.165) is 11.1 Å². The van der Waals surface area contributed by atoms with Crippen LogP contribution < -0.4 is 5.32 Å². The fourth-order valence-corrected chi connectivity index (χ4v) is 2.31. The van der Waals surface area contributed by atoms with Crippen molar-refractivity contribution in [3.8, 4) is 12.3 Å². The Morgan fingerprint density at radius 3 is 2.61 bits per heavy atom. The van der Waals surface area contributed by atoms with Crippen LogP contribution in [0.4, 0.5) is 5.69 Å². The van der Waals surface area contributed by atoms with E-state index in [-0.39, 0.29) is 24.5 Å². The Labute approximate surface area is 136 Å². The van der Waals surface area contributed by atoms with E-state index in [2.05, 4.69) is 11.2 Å². The van der Waals surface area contributed by atoms with Crippen LogP contribution in [0.25, 0.3) is 0 Å². The van der Waals surface area contributed by atoms with Crippen molar-refractivity contribution in [1.29, 1.82) is 0 Å². The molecule has 0 aromatic heterocycles. The van der Waals surface area contributed by atoms with Gasteiger partial charge in [0.1, 0.15) is 0 Å². The predicted octanol–water partition coefficient (Wildman–Crippen LogP) is 3.89. The molecule has 0 aliphatic carbocycles. The molecule has 0 unspecified atom stereocenters. The molecule has 0 radical (unpaired) electrons. The van der Waals surface area contributed by atoms with E-state index in [1.54, 1.807) is 24.3 Å². The molecule has 1 amide bonds. The number of amides is 1. The highest BCUT2D eigenvalue weighted by Crippen LogP contribution is 2.15. The van der Waals surface area contributed by atoms with Crippen LogP contribution in [0.2, 0.25) is 0 Å². The summed E-state index contributed by atoms with van der Waals surface area (Å²) in [6.07, 6.45) is 5.66. The maximum absolute atomic E-state index is 12.3. The van der Waals surface area contributed by atoms with Gasteiger partial charge in [0, 0.05) is 29.7 Å². The van der Waals surface area contributed by atoms with Crippen molar-refractivity contribution in [3.63, 3.8) is 0 Å². The Balaban J connectivity index is 1.95. The van der Waals surface area contributed by atoms with Gasteiger partial charge in [0.2, 0.25) is 5.91 Å². The first-order chi connectivity index (χ1) is 11.0. The molecule has 3 heteroatoms. The minimum atomic E-state index is -0.196. The second-order valence-electron chi connectivity index (χ2n) is 5.51. The van der Waals surface area contributed by atoms with Gasteiger partial charge in [-0.15, -0.1) is 6.42 Å². The normalized spacial score (nSPS) is 9.96. The molecule has 0 saturated carbocycles. The monoisotopic (exact) mass is 305 g/mol. The molecule has 116 valence electrons. The Kier molecular flexibility index (Phi) is 5.32. The van der Waals surface area contributed by atoms with Crippen LogP contribution in [0, 0.1) is 26.2 Å². The zero-order chi connectivity index (χ0) is 16.8. The average molecular weight is 305 g/mol. The third-order valence-corrected chi connectivity index (χ3v) is 3.59. The molecule has 0 bridgehead atoms. The maximum atomic E-state index is 12.3. The lowest BCUT2D eigenvalue weighted by Gasteiger charge is -2.07. The summed E-state index contributed by atoms with van der Waals surface area (Å²) >= 11 is 0. The molecule has 0 aliphatic rings. The van der Waals surface area contributed by atoms with Crippen molar-refractivity contribution in [2.75, 3.05) is 5.32 Å². The number of ketones is 1. The largest absolute Gasteiger partial charge is 0.326 e. The minimum Gasteiger partial charge on any atom is -0.326 e. The van der Waals surface area contributed by atoms with E-state index in [1.807, 2.05) is 32.0 Å². The highest BCUT2D eigenvalue weighted by molar-refractivity contribution is 6.01. The number of nitrogens with one attached hydrogen (secondary N) is 1. The summed E-state index contributed by atoms with van der Waals surface area (Å²) in [6, 6.07) is 12.8. The molecule has 2 aromatic rings. The standard InChI is InChI=1S/C20H19NO2/c1-4-16-6-5-7-17(13-16)21-20(23)11-10-19(22)18-12-14(2)8-9-15(18)3/h1,5-9,12-13H,10-11H2,2-3H3,(H,21,23). The third-order valence-electron chi connectivity index (χ3n) is 3.59. The summed E-state index contributed by atoms with van der Waals surface area (Å²) in [5.41, 5.74) is 4.00. The second-order valence-corrected chi connectivity index (χ2v) is 5.51. The number of hydrogen-bond donors (Lipinski definition) is 1.